The highest BCUT2D eigenvalue weighted by atomic mass is 127. The molecule has 0 amide bonds. The monoisotopic (exact) mass is 411 g/mol. The summed E-state index contributed by atoms with van der Waals surface area (Å²) >= 11 is 11.6. The van der Waals surface area contributed by atoms with E-state index in [9.17, 15) is 0 Å². The Bertz CT molecular complexity index is 512. The van der Waals surface area contributed by atoms with Crippen LogP contribution in [-0.4, -0.2) is 4.98 Å². The first-order chi connectivity index (χ1) is 7.58. The summed E-state index contributed by atoms with van der Waals surface area (Å²) in [4.78, 5) is 4.15. The topological polar surface area (TPSA) is 26.0 Å². The van der Waals surface area contributed by atoms with Crippen molar-refractivity contribution in [2.45, 2.75) is 12.3 Å². The summed E-state index contributed by atoms with van der Waals surface area (Å²) in [5.74, 6) is 1.29. The Labute approximate surface area is 121 Å². The zero-order valence-electron chi connectivity index (χ0n) is 8.38. The van der Waals surface area contributed by atoms with Gasteiger partial charge < -0.3 is 4.42 Å². The van der Waals surface area contributed by atoms with E-state index in [1.165, 1.54) is 0 Å². The lowest BCUT2D eigenvalue weighted by molar-refractivity contribution is 0.508. The second-order valence-corrected chi connectivity index (χ2v) is 6.04. The molecule has 0 aliphatic carbocycles. The van der Waals surface area contributed by atoms with Crippen molar-refractivity contribution in [3.05, 3.63) is 38.3 Å². The van der Waals surface area contributed by atoms with Crippen LogP contribution in [0.5, 0.6) is 0 Å². The van der Waals surface area contributed by atoms with Gasteiger partial charge >= 0.3 is 0 Å². The second-order valence-electron chi connectivity index (χ2n) is 3.30. The van der Waals surface area contributed by atoms with E-state index >= 15 is 0 Å². The van der Waals surface area contributed by atoms with Crippen molar-refractivity contribution < 1.29 is 4.42 Å². The summed E-state index contributed by atoms with van der Waals surface area (Å²) in [6, 6.07) is 6.02. The molecule has 1 atom stereocenters. The highest BCUT2D eigenvalue weighted by Crippen LogP contribution is 2.30. The summed E-state index contributed by atoms with van der Waals surface area (Å²) in [5.41, 5.74) is 1.02. The molecule has 0 saturated carbocycles. The number of hydrogen-bond donors (Lipinski definition) is 0. The Hall–Kier alpha value is -0.0700. The van der Waals surface area contributed by atoms with Gasteiger partial charge in [-0.25, -0.2) is 4.98 Å². The Morgan fingerprint density at radius 1 is 1.50 bits per heavy atom. The maximum Gasteiger partial charge on any atom is 0.212 e. The molecule has 0 N–H and O–H groups in total. The van der Waals surface area contributed by atoms with Crippen LogP contribution in [0, 0.1) is 3.57 Å². The van der Waals surface area contributed by atoms with Gasteiger partial charge in [-0.2, -0.15) is 0 Å². The lowest BCUT2D eigenvalue weighted by Crippen LogP contribution is -1.82. The molecule has 1 unspecified atom stereocenters. The molecule has 2 rings (SSSR count). The Morgan fingerprint density at radius 2 is 2.25 bits per heavy atom. The predicted octanol–water partition coefficient (Wildman–Crippen LogP) is 5.01. The van der Waals surface area contributed by atoms with Crippen molar-refractivity contribution in [2.24, 2.45) is 0 Å². The molecular weight excluding hydrogens is 404 g/mol. The lowest BCUT2D eigenvalue weighted by Gasteiger charge is -2.01. The van der Waals surface area contributed by atoms with Gasteiger partial charge in [0.05, 0.1) is 6.20 Å². The average molecular weight is 412 g/mol. The zero-order chi connectivity index (χ0) is 11.7. The van der Waals surface area contributed by atoms with Crippen molar-refractivity contribution in [2.75, 3.05) is 0 Å². The number of oxazole rings is 1. The molecule has 0 aliphatic heterocycles. The molecule has 0 radical (unpaired) electrons. The molecule has 0 bridgehead atoms. The van der Waals surface area contributed by atoms with Crippen molar-refractivity contribution in [3.8, 4) is 11.3 Å². The van der Waals surface area contributed by atoms with E-state index < -0.39 is 0 Å². The van der Waals surface area contributed by atoms with Crippen molar-refractivity contribution in [1.29, 1.82) is 0 Å². The van der Waals surface area contributed by atoms with Gasteiger partial charge in [-0.3, -0.25) is 0 Å². The smallest absolute Gasteiger partial charge is 0.212 e. The minimum atomic E-state index is -0.210. The van der Waals surface area contributed by atoms with Crippen molar-refractivity contribution in [1.82, 2.24) is 4.98 Å². The van der Waals surface area contributed by atoms with Crippen LogP contribution in [0.3, 0.4) is 0 Å². The molecule has 16 heavy (non-hydrogen) atoms. The van der Waals surface area contributed by atoms with Crippen LogP contribution in [0.4, 0.5) is 0 Å². The Kier molecular flexibility index (Phi) is 3.92. The fourth-order valence-electron chi connectivity index (χ4n) is 1.28. The normalized spacial score (nSPS) is 12.8. The number of benzene rings is 1. The van der Waals surface area contributed by atoms with Gasteiger partial charge in [0.2, 0.25) is 5.89 Å². The molecule has 5 heteroatoms. The largest absolute Gasteiger partial charge is 0.439 e. The third-order valence-electron chi connectivity index (χ3n) is 2.06. The first kappa shape index (κ1) is 12.4. The van der Waals surface area contributed by atoms with Gasteiger partial charge in [-0.15, -0.1) is 11.6 Å². The number of aromatic nitrogens is 1. The van der Waals surface area contributed by atoms with E-state index in [0.717, 1.165) is 19.4 Å². The molecule has 1 aromatic carbocycles. The highest BCUT2D eigenvalue weighted by Gasteiger charge is 2.12. The van der Waals surface area contributed by atoms with Crippen molar-refractivity contribution in [3.63, 3.8) is 0 Å². The molecule has 1 aromatic heterocycles. The summed E-state index contributed by atoms with van der Waals surface area (Å²) in [6.45, 7) is 1.84. The molecule has 2 nitrogen and oxygen atoms in total. The first-order valence-corrected chi connectivity index (χ1v) is 6.94. The molecule has 0 fully saturated rings. The third-order valence-corrected chi connectivity index (χ3v) is 3.68. The molecule has 1 heterocycles. The standard InChI is InChI=1S/C11H8BrClINO/c1-6(13)11-15-5-10(16-11)8-4-7(12)2-3-9(8)14/h2-6H,1H3. The van der Waals surface area contributed by atoms with E-state index in [-0.39, 0.29) is 5.38 Å². The quantitative estimate of drug-likeness (QED) is 0.512. The number of rotatable bonds is 2. The average Bonchev–Trinajstić information content (AvgIpc) is 2.70. The minimum absolute atomic E-state index is 0.210. The van der Waals surface area contributed by atoms with Gasteiger partial charge in [-0.05, 0) is 47.7 Å². The van der Waals surface area contributed by atoms with Gasteiger partial charge in [0.15, 0.2) is 5.76 Å². The Balaban J connectivity index is 2.46. The van der Waals surface area contributed by atoms with E-state index in [1.54, 1.807) is 6.20 Å². The molecule has 84 valence electrons. The molecular formula is C11H8BrClINO. The second kappa shape index (κ2) is 5.06. The van der Waals surface area contributed by atoms with E-state index in [1.807, 2.05) is 25.1 Å². The molecule has 0 spiro atoms. The number of alkyl halides is 1. The zero-order valence-corrected chi connectivity index (χ0v) is 12.9. The molecule has 2 aromatic rings. The van der Waals surface area contributed by atoms with Crippen LogP contribution in [0.25, 0.3) is 11.3 Å². The lowest BCUT2D eigenvalue weighted by atomic mass is 10.2. The van der Waals surface area contributed by atoms with Gasteiger partial charge in [0.25, 0.3) is 0 Å². The first-order valence-electron chi connectivity index (χ1n) is 4.63. The molecule has 0 saturated heterocycles. The SMILES string of the molecule is CC(Cl)c1ncc(-c2cc(Br)ccc2I)o1. The number of halogens is 3. The maximum atomic E-state index is 5.91. The van der Waals surface area contributed by atoms with Crippen LogP contribution in [0.2, 0.25) is 0 Å². The van der Waals surface area contributed by atoms with Gasteiger partial charge in [0.1, 0.15) is 5.38 Å². The summed E-state index contributed by atoms with van der Waals surface area (Å²) in [6.07, 6.45) is 1.71. The third kappa shape index (κ3) is 2.60. The highest BCUT2D eigenvalue weighted by molar-refractivity contribution is 14.1. The van der Waals surface area contributed by atoms with Crippen LogP contribution >= 0.6 is 50.1 Å². The van der Waals surface area contributed by atoms with Crippen LogP contribution in [0.1, 0.15) is 18.2 Å². The van der Waals surface area contributed by atoms with Crippen LogP contribution in [-0.2, 0) is 0 Å². The number of hydrogen-bond acceptors (Lipinski definition) is 2. The summed E-state index contributed by atoms with van der Waals surface area (Å²) < 4.78 is 7.73. The number of nitrogens with zero attached hydrogens (tertiary/aromatic N) is 1. The van der Waals surface area contributed by atoms with E-state index in [0.29, 0.717) is 5.89 Å². The minimum Gasteiger partial charge on any atom is -0.439 e. The fourth-order valence-corrected chi connectivity index (χ4v) is 2.35. The summed E-state index contributed by atoms with van der Waals surface area (Å²) in [5, 5.41) is -0.210. The fraction of sp³-hybridized carbons (Fsp3) is 0.182. The molecule has 0 aliphatic rings. The van der Waals surface area contributed by atoms with E-state index in [4.69, 9.17) is 16.0 Å². The van der Waals surface area contributed by atoms with Crippen LogP contribution < -0.4 is 0 Å². The maximum absolute atomic E-state index is 5.91. The van der Waals surface area contributed by atoms with E-state index in [2.05, 4.69) is 43.5 Å². The van der Waals surface area contributed by atoms with Gasteiger partial charge in [-0.1, -0.05) is 15.9 Å². The summed E-state index contributed by atoms with van der Waals surface area (Å²) in [7, 11) is 0. The van der Waals surface area contributed by atoms with Crippen LogP contribution in [0.15, 0.2) is 33.3 Å². The van der Waals surface area contributed by atoms with Crippen molar-refractivity contribution >= 4 is 50.1 Å². The Morgan fingerprint density at radius 3 is 2.88 bits per heavy atom. The van der Waals surface area contributed by atoms with Gasteiger partial charge in [0, 0.05) is 13.6 Å². The predicted molar refractivity (Wildman–Crippen MR) is 76.6 cm³/mol.